The van der Waals surface area contributed by atoms with Crippen molar-refractivity contribution in [1.82, 2.24) is 0 Å². The van der Waals surface area contributed by atoms with E-state index in [-0.39, 0.29) is 0 Å². The van der Waals surface area contributed by atoms with Crippen molar-refractivity contribution < 1.29 is 0 Å². The van der Waals surface area contributed by atoms with Crippen LogP contribution in [0.5, 0.6) is 0 Å². The van der Waals surface area contributed by atoms with E-state index in [0.29, 0.717) is 4.99 Å². The van der Waals surface area contributed by atoms with Gasteiger partial charge in [-0.1, -0.05) is 69.4 Å². The minimum atomic E-state index is 0.495. The van der Waals surface area contributed by atoms with Gasteiger partial charge >= 0.3 is 0 Å². The van der Waals surface area contributed by atoms with Crippen LogP contribution in [0, 0.1) is 0 Å². The third-order valence-corrected chi connectivity index (χ3v) is 3.27. The number of benzene rings is 1. The molecule has 0 aliphatic rings. The Morgan fingerprint density at radius 3 is 2.53 bits per heavy atom. The smallest absolute Gasteiger partial charge is 0.103 e. The zero-order valence-corrected chi connectivity index (χ0v) is 11.6. The maximum absolute atomic E-state index is 5.62. The van der Waals surface area contributed by atoms with E-state index in [0.717, 1.165) is 12.0 Å². The highest BCUT2D eigenvalue weighted by Gasteiger charge is 1.98. The minimum Gasteiger partial charge on any atom is -0.389 e. The number of thiocarbonyl (C=S) groups is 1. The predicted octanol–water partition coefficient (Wildman–Crippen LogP) is 4.22. The predicted molar refractivity (Wildman–Crippen MR) is 79.4 cm³/mol. The molecule has 1 aromatic rings. The van der Waals surface area contributed by atoms with Crippen LogP contribution in [0.1, 0.15) is 56.6 Å². The van der Waals surface area contributed by atoms with E-state index in [2.05, 4.69) is 19.1 Å². The van der Waals surface area contributed by atoms with Crippen LogP contribution in [0.25, 0.3) is 0 Å². The summed E-state index contributed by atoms with van der Waals surface area (Å²) in [5, 5.41) is 0. The largest absolute Gasteiger partial charge is 0.389 e. The molecule has 1 nitrogen and oxygen atoms in total. The van der Waals surface area contributed by atoms with Gasteiger partial charge in [-0.15, -0.1) is 0 Å². The Morgan fingerprint density at radius 1 is 1.12 bits per heavy atom. The number of rotatable bonds is 8. The van der Waals surface area contributed by atoms with E-state index in [1.54, 1.807) is 0 Å². The molecular formula is C15H23NS. The highest BCUT2D eigenvalue weighted by atomic mass is 32.1. The van der Waals surface area contributed by atoms with Crippen molar-refractivity contribution in [2.75, 3.05) is 0 Å². The molecule has 2 N–H and O–H groups in total. The lowest BCUT2D eigenvalue weighted by Crippen LogP contribution is -2.09. The van der Waals surface area contributed by atoms with Gasteiger partial charge in [0.15, 0.2) is 0 Å². The summed E-state index contributed by atoms with van der Waals surface area (Å²) in [7, 11) is 0. The van der Waals surface area contributed by atoms with Gasteiger partial charge in [-0.25, -0.2) is 0 Å². The first-order chi connectivity index (χ1) is 8.24. The molecule has 0 amide bonds. The van der Waals surface area contributed by atoms with Crippen LogP contribution in [-0.4, -0.2) is 4.99 Å². The highest BCUT2D eigenvalue weighted by Crippen LogP contribution is 2.11. The molecule has 0 aliphatic carbocycles. The molecule has 0 saturated heterocycles. The van der Waals surface area contributed by atoms with E-state index < -0.39 is 0 Å². The van der Waals surface area contributed by atoms with Crippen LogP contribution in [0.2, 0.25) is 0 Å². The van der Waals surface area contributed by atoms with Crippen LogP contribution in [-0.2, 0) is 6.42 Å². The molecule has 17 heavy (non-hydrogen) atoms. The molecule has 0 unspecified atom stereocenters. The first-order valence-electron chi connectivity index (χ1n) is 6.62. The fourth-order valence-electron chi connectivity index (χ4n) is 1.99. The fourth-order valence-corrected chi connectivity index (χ4v) is 2.12. The van der Waals surface area contributed by atoms with Gasteiger partial charge in [-0.3, -0.25) is 0 Å². The molecule has 0 fully saturated rings. The lowest BCUT2D eigenvalue weighted by atomic mass is 10.0. The highest BCUT2D eigenvalue weighted by molar-refractivity contribution is 7.80. The van der Waals surface area contributed by atoms with Gasteiger partial charge in [0.25, 0.3) is 0 Å². The standard InChI is InChI=1S/C15H23NS/c1-2-3-4-5-6-7-9-13-10-8-11-14(12-13)15(16)17/h8,10-12H,2-7,9H2,1H3,(H2,16,17). The summed E-state index contributed by atoms with van der Waals surface area (Å²) < 4.78 is 0. The van der Waals surface area contributed by atoms with Gasteiger partial charge in [0.1, 0.15) is 4.99 Å². The second kappa shape index (κ2) is 8.24. The van der Waals surface area contributed by atoms with Gasteiger partial charge in [-0.2, -0.15) is 0 Å². The van der Waals surface area contributed by atoms with Gasteiger partial charge in [0, 0.05) is 5.56 Å². The van der Waals surface area contributed by atoms with Crippen molar-refractivity contribution >= 4 is 17.2 Å². The zero-order valence-electron chi connectivity index (χ0n) is 10.7. The zero-order chi connectivity index (χ0) is 12.5. The van der Waals surface area contributed by atoms with E-state index in [1.165, 1.54) is 44.1 Å². The van der Waals surface area contributed by atoms with Gasteiger partial charge in [0.2, 0.25) is 0 Å². The topological polar surface area (TPSA) is 26.0 Å². The second-order valence-corrected chi connectivity index (χ2v) is 5.02. The fraction of sp³-hybridized carbons (Fsp3) is 0.533. The van der Waals surface area contributed by atoms with Crippen LogP contribution in [0.4, 0.5) is 0 Å². The SMILES string of the molecule is CCCCCCCCc1cccc(C(N)=S)c1. The normalized spacial score (nSPS) is 10.4. The van der Waals surface area contributed by atoms with Crippen LogP contribution in [0.3, 0.4) is 0 Å². The average molecular weight is 249 g/mol. The molecule has 0 saturated carbocycles. The van der Waals surface area contributed by atoms with Crippen molar-refractivity contribution in [2.24, 2.45) is 5.73 Å². The molecule has 1 rings (SSSR count). The van der Waals surface area contributed by atoms with Gasteiger partial charge < -0.3 is 5.73 Å². The lowest BCUT2D eigenvalue weighted by Gasteiger charge is -2.04. The molecule has 0 spiro atoms. The van der Waals surface area contributed by atoms with Gasteiger partial charge in [0.05, 0.1) is 0 Å². The number of unbranched alkanes of at least 4 members (excludes halogenated alkanes) is 5. The van der Waals surface area contributed by atoms with Gasteiger partial charge in [-0.05, 0) is 24.5 Å². The van der Waals surface area contributed by atoms with E-state index in [1.807, 2.05) is 12.1 Å². The molecule has 0 bridgehead atoms. The first-order valence-corrected chi connectivity index (χ1v) is 7.03. The quantitative estimate of drug-likeness (QED) is 0.551. The van der Waals surface area contributed by atoms with Crippen LogP contribution < -0.4 is 5.73 Å². The molecule has 0 radical (unpaired) electrons. The minimum absolute atomic E-state index is 0.495. The van der Waals surface area contributed by atoms with Crippen molar-refractivity contribution in [3.05, 3.63) is 35.4 Å². The summed E-state index contributed by atoms with van der Waals surface area (Å²) in [6, 6.07) is 8.30. The monoisotopic (exact) mass is 249 g/mol. The van der Waals surface area contributed by atoms with Crippen molar-refractivity contribution in [3.8, 4) is 0 Å². The molecule has 0 atom stereocenters. The Labute approximate surface area is 110 Å². The number of nitrogens with two attached hydrogens (primary N) is 1. The molecular weight excluding hydrogens is 226 g/mol. The number of hydrogen-bond donors (Lipinski definition) is 1. The molecule has 0 aromatic heterocycles. The maximum Gasteiger partial charge on any atom is 0.103 e. The van der Waals surface area contributed by atoms with Crippen molar-refractivity contribution in [2.45, 2.75) is 51.9 Å². The summed E-state index contributed by atoms with van der Waals surface area (Å²) in [6.07, 6.45) is 9.17. The molecule has 2 heteroatoms. The van der Waals surface area contributed by atoms with Crippen molar-refractivity contribution in [1.29, 1.82) is 0 Å². The number of aryl methyl sites for hydroxylation is 1. The van der Waals surface area contributed by atoms with E-state index in [4.69, 9.17) is 18.0 Å². The Bertz CT molecular complexity index is 347. The summed E-state index contributed by atoms with van der Waals surface area (Å²) in [4.78, 5) is 0.495. The summed E-state index contributed by atoms with van der Waals surface area (Å²) in [6.45, 7) is 2.25. The molecule has 0 heterocycles. The Balaban J connectivity index is 2.27. The summed E-state index contributed by atoms with van der Waals surface area (Å²) in [5.41, 5.74) is 7.97. The Morgan fingerprint density at radius 2 is 1.82 bits per heavy atom. The lowest BCUT2D eigenvalue weighted by molar-refractivity contribution is 0.607. The molecule has 0 aliphatic heterocycles. The average Bonchev–Trinajstić information content (AvgIpc) is 2.34. The molecule has 1 aromatic carbocycles. The first kappa shape index (κ1) is 14.2. The second-order valence-electron chi connectivity index (χ2n) is 4.58. The van der Waals surface area contributed by atoms with Crippen molar-refractivity contribution in [3.63, 3.8) is 0 Å². The Kier molecular flexibility index (Phi) is 6.87. The third kappa shape index (κ3) is 5.83. The van der Waals surface area contributed by atoms with E-state index >= 15 is 0 Å². The maximum atomic E-state index is 5.62. The summed E-state index contributed by atoms with van der Waals surface area (Å²) in [5.74, 6) is 0. The molecule has 94 valence electrons. The Hall–Kier alpha value is -0.890. The number of hydrogen-bond acceptors (Lipinski definition) is 1. The van der Waals surface area contributed by atoms with E-state index in [9.17, 15) is 0 Å². The van der Waals surface area contributed by atoms with Crippen LogP contribution in [0.15, 0.2) is 24.3 Å². The third-order valence-electron chi connectivity index (χ3n) is 3.03. The summed E-state index contributed by atoms with van der Waals surface area (Å²) >= 11 is 4.98. The van der Waals surface area contributed by atoms with Crippen LogP contribution >= 0.6 is 12.2 Å².